The van der Waals surface area contributed by atoms with Crippen molar-refractivity contribution in [2.75, 3.05) is 21.3 Å². The Morgan fingerprint density at radius 3 is 2.27 bits per heavy atom. The van der Waals surface area contributed by atoms with Gasteiger partial charge in [0.1, 0.15) is 6.04 Å². The lowest BCUT2D eigenvalue weighted by Crippen LogP contribution is -2.46. The Kier molecular flexibility index (Phi) is 8.81. The van der Waals surface area contributed by atoms with Gasteiger partial charge in [-0.15, -0.1) is 0 Å². The summed E-state index contributed by atoms with van der Waals surface area (Å²) in [5, 5.41) is 3.48. The van der Waals surface area contributed by atoms with Crippen molar-refractivity contribution in [3.63, 3.8) is 0 Å². The first kappa shape index (κ1) is 23.8. The SMILES string of the molecule is CNC(=O)[C@@H](C)N(Cc1c(Cl)cccc1Cl)C(=O)CCc1ccc(OC)c(OC)c1. The highest BCUT2D eigenvalue weighted by Gasteiger charge is 2.26. The molecule has 162 valence electrons. The molecule has 0 saturated heterocycles. The lowest BCUT2D eigenvalue weighted by molar-refractivity contribution is -0.140. The predicted octanol–water partition coefficient (Wildman–Crippen LogP) is 4.11. The highest BCUT2D eigenvalue weighted by atomic mass is 35.5. The van der Waals surface area contributed by atoms with Gasteiger partial charge in [-0.05, 0) is 43.2 Å². The molecule has 2 amide bonds. The smallest absolute Gasteiger partial charge is 0.242 e. The number of halogens is 2. The number of methoxy groups -OCH3 is 2. The van der Waals surface area contributed by atoms with Gasteiger partial charge >= 0.3 is 0 Å². The molecule has 0 bridgehead atoms. The lowest BCUT2D eigenvalue weighted by Gasteiger charge is -2.29. The zero-order valence-electron chi connectivity index (χ0n) is 17.5. The molecule has 8 heteroatoms. The van der Waals surface area contributed by atoms with Crippen molar-refractivity contribution in [1.82, 2.24) is 10.2 Å². The quantitative estimate of drug-likeness (QED) is 0.621. The molecule has 0 spiro atoms. The summed E-state index contributed by atoms with van der Waals surface area (Å²) in [6.45, 7) is 1.82. The number of carbonyl (C=O) groups is 2. The van der Waals surface area contributed by atoms with E-state index in [2.05, 4.69) is 5.32 Å². The molecular formula is C22H26Cl2N2O4. The van der Waals surface area contributed by atoms with Crippen molar-refractivity contribution >= 4 is 35.0 Å². The number of nitrogens with zero attached hydrogens (tertiary/aromatic N) is 1. The minimum atomic E-state index is -0.680. The number of nitrogens with one attached hydrogen (secondary N) is 1. The Morgan fingerprint density at radius 1 is 1.07 bits per heavy atom. The molecule has 2 aromatic rings. The number of rotatable bonds is 9. The van der Waals surface area contributed by atoms with E-state index in [1.807, 2.05) is 12.1 Å². The maximum atomic E-state index is 13.1. The largest absolute Gasteiger partial charge is 0.493 e. The Bertz CT molecular complexity index is 884. The van der Waals surface area contributed by atoms with Crippen LogP contribution in [-0.4, -0.2) is 44.0 Å². The number of carbonyl (C=O) groups excluding carboxylic acids is 2. The standard InChI is InChI=1S/C22H26Cl2N2O4/c1-14(22(28)25-2)26(13-16-17(23)6-5-7-18(16)24)21(27)11-9-15-8-10-19(29-3)20(12-15)30-4/h5-8,10,12,14H,9,11,13H2,1-4H3,(H,25,28)/t14-/m1/s1. The molecule has 0 unspecified atom stereocenters. The second-order valence-corrected chi connectivity index (χ2v) is 7.52. The van der Waals surface area contributed by atoms with Gasteiger partial charge in [0.15, 0.2) is 11.5 Å². The Balaban J connectivity index is 2.21. The minimum absolute atomic E-state index is 0.137. The van der Waals surface area contributed by atoms with Crippen LogP contribution in [0, 0.1) is 0 Å². The molecule has 1 atom stereocenters. The van der Waals surface area contributed by atoms with Gasteiger partial charge in [-0.1, -0.05) is 35.3 Å². The predicted molar refractivity (Wildman–Crippen MR) is 118 cm³/mol. The third-order valence-electron chi connectivity index (χ3n) is 4.88. The van der Waals surface area contributed by atoms with Crippen LogP contribution in [0.2, 0.25) is 10.0 Å². The van der Waals surface area contributed by atoms with Gasteiger partial charge in [0.05, 0.1) is 14.2 Å². The molecular weight excluding hydrogens is 427 g/mol. The van der Waals surface area contributed by atoms with Gasteiger partial charge in [-0.25, -0.2) is 0 Å². The van der Waals surface area contributed by atoms with Crippen LogP contribution < -0.4 is 14.8 Å². The Hall–Kier alpha value is -2.44. The Morgan fingerprint density at radius 2 is 1.70 bits per heavy atom. The van der Waals surface area contributed by atoms with E-state index >= 15 is 0 Å². The summed E-state index contributed by atoms with van der Waals surface area (Å²) in [5.74, 6) is 0.770. The van der Waals surface area contributed by atoms with Crippen LogP contribution in [0.25, 0.3) is 0 Å². The van der Waals surface area contributed by atoms with E-state index in [4.69, 9.17) is 32.7 Å². The maximum Gasteiger partial charge on any atom is 0.242 e. The molecule has 0 aliphatic rings. The van der Waals surface area contributed by atoms with Crippen LogP contribution in [0.5, 0.6) is 11.5 Å². The van der Waals surface area contributed by atoms with Crippen LogP contribution in [0.15, 0.2) is 36.4 Å². The topological polar surface area (TPSA) is 67.9 Å². The molecule has 0 aromatic heterocycles. The third-order valence-corrected chi connectivity index (χ3v) is 5.59. The first-order valence-corrected chi connectivity index (χ1v) is 10.2. The van der Waals surface area contributed by atoms with E-state index < -0.39 is 6.04 Å². The molecule has 6 nitrogen and oxygen atoms in total. The molecule has 0 aliphatic heterocycles. The molecule has 0 aliphatic carbocycles. The van der Waals surface area contributed by atoms with Crippen molar-refractivity contribution < 1.29 is 19.1 Å². The molecule has 0 saturated carbocycles. The van der Waals surface area contributed by atoms with E-state index in [-0.39, 0.29) is 24.8 Å². The average molecular weight is 453 g/mol. The van der Waals surface area contributed by atoms with Crippen LogP contribution in [0.3, 0.4) is 0 Å². The number of hydrogen-bond donors (Lipinski definition) is 1. The fourth-order valence-electron chi connectivity index (χ4n) is 3.08. The monoisotopic (exact) mass is 452 g/mol. The number of ether oxygens (including phenoxy) is 2. The minimum Gasteiger partial charge on any atom is -0.493 e. The fraction of sp³-hybridized carbons (Fsp3) is 0.364. The molecule has 2 aromatic carbocycles. The van der Waals surface area contributed by atoms with Crippen LogP contribution >= 0.6 is 23.2 Å². The second kappa shape index (κ2) is 11.1. The molecule has 0 fully saturated rings. The van der Waals surface area contributed by atoms with Crippen LogP contribution in [-0.2, 0) is 22.6 Å². The van der Waals surface area contributed by atoms with Crippen LogP contribution in [0.1, 0.15) is 24.5 Å². The van der Waals surface area contributed by atoms with Gasteiger partial charge in [-0.2, -0.15) is 0 Å². The second-order valence-electron chi connectivity index (χ2n) is 6.70. The van der Waals surface area contributed by atoms with Crippen molar-refractivity contribution in [2.45, 2.75) is 32.4 Å². The summed E-state index contributed by atoms with van der Waals surface area (Å²) in [6, 6.07) is 9.99. The zero-order chi connectivity index (χ0) is 22.3. The van der Waals surface area contributed by atoms with Gasteiger partial charge in [0.25, 0.3) is 0 Å². The molecule has 2 rings (SSSR count). The number of hydrogen-bond acceptors (Lipinski definition) is 4. The number of benzene rings is 2. The fourth-order valence-corrected chi connectivity index (χ4v) is 3.59. The van der Waals surface area contributed by atoms with E-state index in [1.165, 1.54) is 11.9 Å². The van der Waals surface area contributed by atoms with E-state index in [0.29, 0.717) is 33.5 Å². The van der Waals surface area contributed by atoms with Crippen molar-refractivity contribution in [3.8, 4) is 11.5 Å². The van der Waals surface area contributed by atoms with Crippen molar-refractivity contribution in [3.05, 3.63) is 57.6 Å². The molecule has 30 heavy (non-hydrogen) atoms. The summed E-state index contributed by atoms with van der Waals surface area (Å²) in [7, 11) is 4.67. The molecule has 1 N–H and O–H groups in total. The van der Waals surface area contributed by atoms with Gasteiger partial charge < -0.3 is 19.7 Å². The first-order chi connectivity index (χ1) is 14.3. The highest BCUT2D eigenvalue weighted by molar-refractivity contribution is 6.36. The van der Waals surface area contributed by atoms with E-state index in [1.54, 1.807) is 45.4 Å². The number of likely N-dealkylation sites (N-methyl/N-ethyl adjacent to an activating group) is 1. The first-order valence-electron chi connectivity index (χ1n) is 9.47. The van der Waals surface area contributed by atoms with E-state index in [0.717, 1.165) is 5.56 Å². The average Bonchev–Trinajstić information content (AvgIpc) is 2.76. The summed E-state index contributed by atoms with van der Waals surface area (Å²) in [4.78, 5) is 26.8. The number of amides is 2. The normalized spacial score (nSPS) is 11.5. The maximum absolute atomic E-state index is 13.1. The summed E-state index contributed by atoms with van der Waals surface area (Å²) >= 11 is 12.6. The highest BCUT2D eigenvalue weighted by Crippen LogP contribution is 2.29. The van der Waals surface area contributed by atoms with Gasteiger partial charge in [0, 0.05) is 35.6 Å². The summed E-state index contributed by atoms with van der Waals surface area (Å²) < 4.78 is 10.6. The Labute approximate surface area is 187 Å². The molecule has 0 radical (unpaired) electrons. The third kappa shape index (κ3) is 5.80. The van der Waals surface area contributed by atoms with Gasteiger partial charge in [-0.3, -0.25) is 9.59 Å². The summed E-state index contributed by atoms with van der Waals surface area (Å²) in [6.07, 6.45) is 0.686. The van der Waals surface area contributed by atoms with Crippen molar-refractivity contribution in [1.29, 1.82) is 0 Å². The lowest BCUT2D eigenvalue weighted by atomic mass is 10.1. The van der Waals surface area contributed by atoms with Gasteiger partial charge in [0.2, 0.25) is 11.8 Å². The summed E-state index contributed by atoms with van der Waals surface area (Å²) in [5.41, 5.74) is 1.53. The van der Waals surface area contributed by atoms with E-state index in [9.17, 15) is 9.59 Å². The van der Waals surface area contributed by atoms with Crippen LogP contribution in [0.4, 0.5) is 0 Å². The number of aryl methyl sites for hydroxylation is 1. The zero-order valence-corrected chi connectivity index (χ0v) is 19.0. The van der Waals surface area contributed by atoms with Crippen molar-refractivity contribution in [2.24, 2.45) is 0 Å². The molecule has 0 heterocycles.